The number of carbonyl (C=O) groups is 1. The van der Waals surface area contributed by atoms with Gasteiger partial charge in [0.05, 0.1) is 19.1 Å². The van der Waals surface area contributed by atoms with Crippen LogP contribution in [0.1, 0.15) is 23.2 Å². The highest BCUT2D eigenvalue weighted by molar-refractivity contribution is 5.85. The smallest absolute Gasteiger partial charge is 0.213 e. The number of rotatable bonds is 3. The minimum Gasteiger partial charge on any atom is -0.545 e. The molecular formula is C11H14N2O3. The first-order valence-corrected chi connectivity index (χ1v) is 5.41. The number of carboxylic acids is 1. The Labute approximate surface area is 93.5 Å². The molecule has 0 unspecified atom stereocenters. The van der Waals surface area contributed by atoms with Gasteiger partial charge in [0.15, 0.2) is 0 Å². The number of carboxylic acid groups (broad SMARTS) is 1. The Balaban J connectivity index is 1.96. The molecule has 1 saturated heterocycles. The lowest BCUT2D eigenvalue weighted by atomic mass is 10.1. The van der Waals surface area contributed by atoms with Gasteiger partial charge in [-0.3, -0.25) is 0 Å². The van der Waals surface area contributed by atoms with Crippen molar-refractivity contribution in [3.05, 3.63) is 23.9 Å². The number of carbonyl (C=O) groups excluding carboxylic acids is 1. The Morgan fingerprint density at radius 2 is 2.19 bits per heavy atom. The Morgan fingerprint density at radius 3 is 2.75 bits per heavy atom. The summed E-state index contributed by atoms with van der Waals surface area (Å²) in [5.74, 6) is -0.733. The van der Waals surface area contributed by atoms with Crippen LogP contribution in [0.3, 0.4) is 0 Å². The number of ether oxygens (including phenoxy) is 1. The third kappa shape index (κ3) is 2.70. The summed E-state index contributed by atoms with van der Waals surface area (Å²) >= 11 is 0. The van der Waals surface area contributed by atoms with Crippen LogP contribution in [-0.2, 0) is 0 Å². The van der Waals surface area contributed by atoms with Gasteiger partial charge in [-0.25, -0.2) is 4.98 Å². The molecule has 1 aliphatic rings. The summed E-state index contributed by atoms with van der Waals surface area (Å²) in [6.07, 6.45) is 3.47. The van der Waals surface area contributed by atoms with Gasteiger partial charge in [0.1, 0.15) is 6.10 Å². The SMILES string of the molecule is O=C([O-])c1ccc(OC2CC[NH2+]CC2)nc1. The number of hydrogen-bond acceptors (Lipinski definition) is 4. The van der Waals surface area contributed by atoms with E-state index in [1.165, 1.54) is 12.3 Å². The topological polar surface area (TPSA) is 78.9 Å². The van der Waals surface area contributed by atoms with Gasteiger partial charge in [0.2, 0.25) is 5.88 Å². The summed E-state index contributed by atoms with van der Waals surface area (Å²) in [6.45, 7) is 2.14. The molecule has 1 fully saturated rings. The van der Waals surface area contributed by atoms with Gasteiger partial charge in [-0.2, -0.15) is 0 Å². The van der Waals surface area contributed by atoms with E-state index >= 15 is 0 Å². The van der Waals surface area contributed by atoms with Gasteiger partial charge in [0, 0.05) is 30.7 Å². The second kappa shape index (κ2) is 4.94. The lowest BCUT2D eigenvalue weighted by Crippen LogP contribution is -2.86. The minimum atomic E-state index is -1.22. The molecule has 2 N–H and O–H groups in total. The van der Waals surface area contributed by atoms with Crippen molar-refractivity contribution >= 4 is 5.97 Å². The highest BCUT2D eigenvalue weighted by Crippen LogP contribution is 2.12. The molecule has 0 aromatic carbocycles. The molecular weight excluding hydrogens is 208 g/mol. The first-order chi connectivity index (χ1) is 7.75. The lowest BCUT2D eigenvalue weighted by molar-refractivity contribution is -0.664. The van der Waals surface area contributed by atoms with E-state index in [0.29, 0.717) is 5.88 Å². The van der Waals surface area contributed by atoms with E-state index in [-0.39, 0.29) is 11.7 Å². The van der Waals surface area contributed by atoms with E-state index < -0.39 is 5.97 Å². The molecule has 2 rings (SSSR count). The van der Waals surface area contributed by atoms with Crippen LogP contribution in [0.4, 0.5) is 0 Å². The quantitative estimate of drug-likeness (QED) is 0.678. The number of piperidine rings is 1. The highest BCUT2D eigenvalue weighted by atomic mass is 16.5. The molecule has 1 aromatic heterocycles. The van der Waals surface area contributed by atoms with Crippen LogP contribution >= 0.6 is 0 Å². The monoisotopic (exact) mass is 222 g/mol. The molecule has 2 heterocycles. The van der Waals surface area contributed by atoms with E-state index in [1.807, 2.05) is 0 Å². The maximum atomic E-state index is 10.5. The lowest BCUT2D eigenvalue weighted by Gasteiger charge is -2.21. The molecule has 0 amide bonds. The fourth-order valence-electron chi connectivity index (χ4n) is 1.76. The predicted octanol–water partition coefficient (Wildman–Crippen LogP) is -1.45. The average Bonchev–Trinajstić information content (AvgIpc) is 2.31. The largest absolute Gasteiger partial charge is 0.545 e. The van der Waals surface area contributed by atoms with Gasteiger partial charge in [-0.1, -0.05) is 0 Å². The molecule has 5 nitrogen and oxygen atoms in total. The molecule has 0 atom stereocenters. The van der Waals surface area contributed by atoms with Crippen LogP contribution in [0.15, 0.2) is 18.3 Å². The first-order valence-electron chi connectivity index (χ1n) is 5.41. The summed E-state index contributed by atoms with van der Waals surface area (Å²) in [4.78, 5) is 14.4. The van der Waals surface area contributed by atoms with Crippen molar-refractivity contribution in [3.63, 3.8) is 0 Å². The van der Waals surface area contributed by atoms with Gasteiger partial charge < -0.3 is 20.0 Å². The number of hydrogen-bond donors (Lipinski definition) is 1. The first kappa shape index (κ1) is 10.9. The fraction of sp³-hybridized carbons (Fsp3) is 0.455. The number of aromatic carboxylic acids is 1. The number of quaternary nitrogens is 1. The maximum Gasteiger partial charge on any atom is 0.213 e. The molecule has 86 valence electrons. The summed E-state index contributed by atoms with van der Waals surface area (Å²) < 4.78 is 5.65. The molecule has 0 spiro atoms. The van der Waals surface area contributed by atoms with Gasteiger partial charge in [0.25, 0.3) is 0 Å². The van der Waals surface area contributed by atoms with E-state index in [1.54, 1.807) is 6.07 Å². The molecule has 1 aliphatic heterocycles. The zero-order valence-electron chi connectivity index (χ0n) is 8.89. The third-order valence-electron chi connectivity index (χ3n) is 2.64. The average molecular weight is 222 g/mol. The van der Waals surface area contributed by atoms with Gasteiger partial charge in [-0.15, -0.1) is 0 Å². The summed E-state index contributed by atoms with van der Waals surface area (Å²) in [5, 5.41) is 12.8. The summed E-state index contributed by atoms with van der Waals surface area (Å²) in [7, 11) is 0. The number of nitrogens with zero attached hydrogens (tertiary/aromatic N) is 1. The molecule has 16 heavy (non-hydrogen) atoms. The Hall–Kier alpha value is -1.62. The van der Waals surface area contributed by atoms with Gasteiger partial charge >= 0.3 is 0 Å². The normalized spacial score (nSPS) is 17.0. The van der Waals surface area contributed by atoms with Gasteiger partial charge in [-0.05, 0) is 6.07 Å². The van der Waals surface area contributed by atoms with E-state index in [9.17, 15) is 9.90 Å². The van der Waals surface area contributed by atoms with Crippen molar-refractivity contribution in [1.29, 1.82) is 0 Å². The van der Waals surface area contributed by atoms with Crippen molar-refractivity contribution < 1.29 is 20.0 Å². The van der Waals surface area contributed by atoms with E-state index in [4.69, 9.17) is 4.74 Å². The second-order valence-corrected chi connectivity index (χ2v) is 3.86. The van der Waals surface area contributed by atoms with Crippen molar-refractivity contribution in [2.75, 3.05) is 13.1 Å². The van der Waals surface area contributed by atoms with Crippen molar-refractivity contribution in [3.8, 4) is 5.88 Å². The zero-order chi connectivity index (χ0) is 11.4. The molecule has 0 radical (unpaired) electrons. The molecule has 1 aromatic rings. The Bertz CT molecular complexity index is 358. The number of nitrogens with two attached hydrogens (primary N) is 1. The van der Waals surface area contributed by atoms with Crippen LogP contribution in [0, 0.1) is 0 Å². The molecule has 0 aliphatic carbocycles. The minimum absolute atomic E-state index is 0.0735. The summed E-state index contributed by atoms with van der Waals surface area (Å²) in [6, 6.07) is 3.02. The standard InChI is InChI=1S/C11H14N2O3/c14-11(15)8-1-2-10(13-7-8)16-9-3-5-12-6-4-9/h1-2,7,9,12H,3-6H2,(H,14,15). The van der Waals surface area contributed by atoms with Crippen LogP contribution in [0.25, 0.3) is 0 Å². The van der Waals surface area contributed by atoms with Crippen molar-refractivity contribution in [1.82, 2.24) is 4.98 Å². The summed E-state index contributed by atoms with van der Waals surface area (Å²) in [5.41, 5.74) is 0.0735. The second-order valence-electron chi connectivity index (χ2n) is 3.86. The molecule has 5 heteroatoms. The zero-order valence-corrected chi connectivity index (χ0v) is 8.89. The maximum absolute atomic E-state index is 10.5. The van der Waals surface area contributed by atoms with Crippen LogP contribution < -0.4 is 15.2 Å². The molecule has 0 saturated carbocycles. The van der Waals surface area contributed by atoms with Crippen molar-refractivity contribution in [2.45, 2.75) is 18.9 Å². The van der Waals surface area contributed by atoms with Crippen LogP contribution in [0.5, 0.6) is 5.88 Å². The highest BCUT2D eigenvalue weighted by Gasteiger charge is 2.17. The Kier molecular flexibility index (Phi) is 3.36. The Morgan fingerprint density at radius 1 is 1.44 bits per heavy atom. The molecule has 0 bridgehead atoms. The van der Waals surface area contributed by atoms with E-state index in [2.05, 4.69) is 10.3 Å². The van der Waals surface area contributed by atoms with Crippen molar-refractivity contribution in [2.24, 2.45) is 0 Å². The number of aromatic nitrogens is 1. The van der Waals surface area contributed by atoms with Crippen LogP contribution in [0.2, 0.25) is 0 Å². The van der Waals surface area contributed by atoms with Crippen LogP contribution in [-0.4, -0.2) is 30.1 Å². The third-order valence-corrected chi connectivity index (χ3v) is 2.64. The predicted molar refractivity (Wildman–Crippen MR) is 53.9 cm³/mol. The van der Waals surface area contributed by atoms with E-state index in [0.717, 1.165) is 25.9 Å². The number of pyridine rings is 1. The fourth-order valence-corrected chi connectivity index (χ4v) is 1.76.